The number of rotatable bonds is 6. The standard InChI is InChI=1S/C15H24O/c1-4-5-11-15(16,12-13(2)3)14-9-7-6-8-10-14/h6-10,13,16H,4-5,11-12H2,1-3H3. The van der Waals surface area contributed by atoms with Crippen LogP contribution in [-0.2, 0) is 5.60 Å². The van der Waals surface area contributed by atoms with E-state index in [0.29, 0.717) is 5.92 Å². The summed E-state index contributed by atoms with van der Waals surface area (Å²) in [5, 5.41) is 10.8. The Kier molecular flexibility index (Phi) is 5.01. The van der Waals surface area contributed by atoms with E-state index in [2.05, 4.69) is 20.8 Å². The Morgan fingerprint density at radius 2 is 1.81 bits per heavy atom. The largest absolute Gasteiger partial charge is 0.385 e. The van der Waals surface area contributed by atoms with Crippen LogP contribution in [0.25, 0.3) is 0 Å². The van der Waals surface area contributed by atoms with Crippen molar-refractivity contribution in [2.24, 2.45) is 5.92 Å². The second-order valence-electron chi connectivity index (χ2n) is 5.10. The van der Waals surface area contributed by atoms with Gasteiger partial charge in [0.15, 0.2) is 0 Å². The van der Waals surface area contributed by atoms with Crippen LogP contribution in [0.15, 0.2) is 30.3 Å². The molecule has 0 saturated carbocycles. The topological polar surface area (TPSA) is 20.2 Å². The molecule has 1 aromatic rings. The van der Waals surface area contributed by atoms with Gasteiger partial charge < -0.3 is 5.11 Å². The normalized spacial score (nSPS) is 15.1. The number of unbranched alkanes of at least 4 members (excludes halogenated alkanes) is 1. The highest BCUT2D eigenvalue weighted by Gasteiger charge is 2.29. The van der Waals surface area contributed by atoms with Crippen LogP contribution >= 0.6 is 0 Å². The second-order valence-corrected chi connectivity index (χ2v) is 5.10. The molecule has 0 spiro atoms. The Morgan fingerprint density at radius 3 is 2.31 bits per heavy atom. The van der Waals surface area contributed by atoms with Gasteiger partial charge in [0.2, 0.25) is 0 Å². The zero-order valence-electron chi connectivity index (χ0n) is 10.7. The van der Waals surface area contributed by atoms with Gasteiger partial charge in [0.05, 0.1) is 5.60 Å². The van der Waals surface area contributed by atoms with Gasteiger partial charge in [-0.2, -0.15) is 0 Å². The highest BCUT2D eigenvalue weighted by molar-refractivity contribution is 5.22. The average Bonchev–Trinajstić information content (AvgIpc) is 2.27. The first-order valence-corrected chi connectivity index (χ1v) is 6.36. The first-order chi connectivity index (χ1) is 7.58. The zero-order valence-corrected chi connectivity index (χ0v) is 10.7. The molecule has 16 heavy (non-hydrogen) atoms. The molecule has 0 aromatic heterocycles. The third-order valence-corrected chi connectivity index (χ3v) is 3.00. The van der Waals surface area contributed by atoms with Crippen LogP contribution in [0.3, 0.4) is 0 Å². The van der Waals surface area contributed by atoms with Crippen LogP contribution in [0.5, 0.6) is 0 Å². The third-order valence-electron chi connectivity index (χ3n) is 3.00. The minimum absolute atomic E-state index is 0.516. The first-order valence-electron chi connectivity index (χ1n) is 6.36. The van der Waals surface area contributed by atoms with Crippen molar-refractivity contribution in [3.63, 3.8) is 0 Å². The lowest BCUT2D eigenvalue weighted by Gasteiger charge is -2.30. The van der Waals surface area contributed by atoms with Gasteiger partial charge in [-0.05, 0) is 24.3 Å². The second kappa shape index (κ2) is 6.05. The molecule has 0 saturated heterocycles. The van der Waals surface area contributed by atoms with Crippen molar-refractivity contribution in [2.75, 3.05) is 0 Å². The Morgan fingerprint density at radius 1 is 1.19 bits per heavy atom. The van der Waals surface area contributed by atoms with Crippen molar-refractivity contribution in [1.82, 2.24) is 0 Å². The number of aliphatic hydroxyl groups is 1. The molecule has 1 unspecified atom stereocenters. The fourth-order valence-corrected chi connectivity index (χ4v) is 2.26. The third kappa shape index (κ3) is 3.64. The summed E-state index contributed by atoms with van der Waals surface area (Å²) in [6.45, 7) is 6.50. The van der Waals surface area contributed by atoms with Gasteiger partial charge in [-0.3, -0.25) is 0 Å². The van der Waals surface area contributed by atoms with E-state index >= 15 is 0 Å². The fraction of sp³-hybridized carbons (Fsp3) is 0.600. The molecule has 0 radical (unpaired) electrons. The van der Waals surface area contributed by atoms with E-state index in [1.807, 2.05) is 30.3 Å². The zero-order chi connectivity index (χ0) is 12.0. The monoisotopic (exact) mass is 220 g/mol. The van der Waals surface area contributed by atoms with Crippen LogP contribution in [-0.4, -0.2) is 5.11 Å². The van der Waals surface area contributed by atoms with E-state index in [-0.39, 0.29) is 0 Å². The van der Waals surface area contributed by atoms with Gasteiger partial charge in [-0.25, -0.2) is 0 Å². The summed E-state index contributed by atoms with van der Waals surface area (Å²) in [6.07, 6.45) is 3.92. The maximum atomic E-state index is 10.8. The first kappa shape index (κ1) is 13.2. The lowest BCUT2D eigenvalue weighted by atomic mass is 9.82. The van der Waals surface area contributed by atoms with Crippen LogP contribution in [0.2, 0.25) is 0 Å². The molecule has 0 bridgehead atoms. The summed E-state index contributed by atoms with van der Waals surface area (Å²) in [5.41, 5.74) is 0.433. The summed E-state index contributed by atoms with van der Waals surface area (Å²) in [5.74, 6) is 0.516. The fourth-order valence-electron chi connectivity index (χ4n) is 2.26. The van der Waals surface area contributed by atoms with Crippen LogP contribution in [0, 0.1) is 5.92 Å². The van der Waals surface area contributed by atoms with E-state index in [1.54, 1.807) is 0 Å². The minimum atomic E-state index is -0.633. The van der Waals surface area contributed by atoms with E-state index in [9.17, 15) is 5.11 Å². The van der Waals surface area contributed by atoms with E-state index in [1.165, 1.54) is 0 Å². The molecule has 1 heteroatoms. The van der Waals surface area contributed by atoms with Crippen molar-refractivity contribution < 1.29 is 5.11 Å². The van der Waals surface area contributed by atoms with E-state index < -0.39 is 5.60 Å². The molecule has 0 fully saturated rings. The van der Waals surface area contributed by atoms with Crippen molar-refractivity contribution in [3.05, 3.63) is 35.9 Å². The molecular weight excluding hydrogens is 196 g/mol. The van der Waals surface area contributed by atoms with Crippen LogP contribution < -0.4 is 0 Å². The van der Waals surface area contributed by atoms with Crippen molar-refractivity contribution >= 4 is 0 Å². The predicted octanol–water partition coefficient (Wildman–Crippen LogP) is 4.11. The van der Waals surface area contributed by atoms with Gasteiger partial charge in [0.1, 0.15) is 0 Å². The Bertz CT molecular complexity index is 292. The van der Waals surface area contributed by atoms with Gasteiger partial charge in [0.25, 0.3) is 0 Å². The van der Waals surface area contributed by atoms with E-state index in [4.69, 9.17) is 0 Å². The molecule has 90 valence electrons. The summed E-state index contributed by atoms with van der Waals surface area (Å²) in [4.78, 5) is 0. The average molecular weight is 220 g/mol. The highest BCUT2D eigenvalue weighted by atomic mass is 16.3. The number of hydrogen-bond acceptors (Lipinski definition) is 1. The van der Waals surface area contributed by atoms with Crippen molar-refractivity contribution in [2.45, 2.75) is 52.1 Å². The predicted molar refractivity (Wildman–Crippen MR) is 69.3 cm³/mol. The Labute approximate surface area is 99.5 Å². The van der Waals surface area contributed by atoms with Crippen LogP contribution in [0.1, 0.15) is 52.0 Å². The molecule has 0 aliphatic rings. The molecule has 0 aliphatic carbocycles. The smallest absolute Gasteiger partial charge is 0.0899 e. The minimum Gasteiger partial charge on any atom is -0.385 e. The maximum absolute atomic E-state index is 10.8. The number of hydrogen-bond donors (Lipinski definition) is 1. The van der Waals surface area contributed by atoms with Gasteiger partial charge in [-0.15, -0.1) is 0 Å². The van der Waals surface area contributed by atoms with Gasteiger partial charge in [0, 0.05) is 0 Å². The summed E-state index contributed by atoms with van der Waals surface area (Å²) < 4.78 is 0. The maximum Gasteiger partial charge on any atom is 0.0899 e. The van der Waals surface area contributed by atoms with Gasteiger partial charge in [-0.1, -0.05) is 63.9 Å². The lowest BCUT2D eigenvalue weighted by Crippen LogP contribution is -2.27. The summed E-state index contributed by atoms with van der Waals surface area (Å²) in [6, 6.07) is 10.1. The lowest BCUT2D eigenvalue weighted by molar-refractivity contribution is 0.00462. The van der Waals surface area contributed by atoms with Crippen LogP contribution in [0.4, 0.5) is 0 Å². The molecular formula is C15H24O. The highest BCUT2D eigenvalue weighted by Crippen LogP contribution is 2.33. The molecule has 1 atom stereocenters. The molecule has 1 N–H and O–H groups in total. The molecule has 1 rings (SSSR count). The Balaban J connectivity index is 2.85. The van der Waals surface area contributed by atoms with Gasteiger partial charge >= 0.3 is 0 Å². The quantitative estimate of drug-likeness (QED) is 0.765. The molecule has 0 amide bonds. The van der Waals surface area contributed by atoms with Crippen molar-refractivity contribution in [3.8, 4) is 0 Å². The van der Waals surface area contributed by atoms with E-state index in [0.717, 1.165) is 31.2 Å². The summed E-state index contributed by atoms with van der Waals surface area (Å²) in [7, 11) is 0. The van der Waals surface area contributed by atoms with Crippen molar-refractivity contribution in [1.29, 1.82) is 0 Å². The molecule has 1 nitrogen and oxygen atoms in total. The summed E-state index contributed by atoms with van der Waals surface area (Å²) >= 11 is 0. The molecule has 0 aliphatic heterocycles. The molecule has 1 aromatic carbocycles. The SMILES string of the molecule is CCCCC(O)(CC(C)C)c1ccccc1. The Hall–Kier alpha value is -0.820. The molecule has 0 heterocycles. The number of benzene rings is 1.